The Morgan fingerprint density at radius 3 is 2.94 bits per heavy atom. The molecule has 0 saturated carbocycles. The van der Waals surface area contributed by atoms with E-state index in [1.807, 2.05) is 12.1 Å². The number of likely N-dealkylation sites (tertiary alicyclic amines) is 1. The molecule has 0 radical (unpaired) electrons. The molecule has 2 amide bonds. The number of urea groups is 1. The van der Waals surface area contributed by atoms with E-state index < -0.39 is 0 Å². The number of anilines is 1. The van der Waals surface area contributed by atoms with Gasteiger partial charge in [0.2, 0.25) is 5.88 Å². The molecule has 1 atom stereocenters. The van der Waals surface area contributed by atoms with Crippen LogP contribution in [-0.4, -0.2) is 53.4 Å². The summed E-state index contributed by atoms with van der Waals surface area (Å²) in [6.07, 6.45) is 2.42. The van der Waals surface area contributed by atoms with E-state index in [1.165, 1.54) is 12.1 Å². The number of carbonyl (C=O) groups excluding carboxylic acids is 1. The number of carbonyl (C=O) groups is 1. The number of hydrogen-bond donors (Lipinski definition) is 3. The van der Waals surface area contributed by atoms with Crippen molar-refractivity contribution in [1.82, 2.24) is 15.2 Å². The van der Waals surface area contributed by atoms with E-state index in [-0.39, 0.29) is 37.0 Å². The molecule has 0 aliphatic carbocycles. The smallest absolute Gasteiger partial charge is 0.319 e. The number of hydrogen-bond acceptors (Lipinski definition) is 5. The van der Waals surface area contributed by atoms with E-state index in [0.29, 0.717) is 5.69 Å². The van der Waals surface area contributed by atoms with Crippen molar-refractivity contribution in [2.75, 3.05) is 31.6 Å². The molecule has 1 aliphatic rings. The van der Waals surface area contributed by atoms with E-state index in [1.54, 1.807) is 24.4 Å². The van der Waals surface area contributed by atoms with Crippen molar-refractivity contribution in [3.8, 4) is 5.88 Å². The van der Waals surface area contributed by atoms with Gasteiger partial charge in [-0.2, -0.15) is 0 Å². The van der Waals surface area contributed by atoms with Crippen molar-refractivity contribution in [2.24, 2.45) is 0 Å². The van der Waals surface area contributed by atoms with Crippen LogP contribution in [0.15, 0.2) is 54.7 Å². The van der Waals surface area contributed by atoms with Crippen molar-refractivity contribution >= 4 is 22.5 Å². The molecule has 31 heavy (non-hydrogen) atoms. The molecule has 1 saturated heterocycles. The summed E-state index contributed by atoms with van der Waals surface area (Å²) in [6.45, 7) is 2.37. The van der Waals surface area contributed by atoms with Gasteiger partial charge >= 0.3 is 6.03 Å². The molecular weight excluding hydrogens is 399 g/mol. The van der Waals surface area contributed by atoms with E-state index in [2.05, 4.69) is 26.6 Å². The number of aliphatic hydroxyl groups is 1. The summed E-state index contributed by atoms with van der Waals surface area (Å²) in [7, 11) is 0. The number of benzene rings is 2. The Kier molecular flexibility index (Phi) is 6.59. The molecule has 0 bridgehead atoms. The Hall–Kier alpha value is -3.23. The molecule has 4 rings (SSSR count). The Bertz CT molecular complexity index is 1060. The zero-order chi connectivity index (χ0) is 21.6. The van der Waals surface area contributed by atoms with Crippen molar-refractivity contribution in [3.63, 3.8) is 0 Å². The minimum atomic E-state index is -0.318. The Balaban J connectivity index is 1.30. The van der Waals surface area contributed by atoms with Crippen LogP contribution in [-0.2, 0) is 6.54 Å². The average molecular weight is 424 g/mol. The molecule has 162 valence electrons. The Labute approximate surface area is 179 Å². The summed E-state index contributed by atoms with van der Waals surface area (Å²) in [5, 5.41) is 16.6. The maximum Gasteiger partial charge on any atom is 0.319 e. The predicted octanol–water partition coefficient (Wildman–Crippen LogP) is 3.14. The zero-order valence-electron chi connectivity index (χ0n) is 17.1. The maximum atomic E-state index is 13.4. The van der Waals surface area contributed by atoms with Gasteiger partial charge in [0.1, 0.15) is 18.1 Å². The van der Waals surface area contributed by atoms with Crippen LogP contribution in [0.5, 0.6) is 5.88 Å². The van der Waals surface area contributed by atoms with Gasteiger partial charge in [0.25, 0.3) is 0 Å². The number of amides is 2. The lowest BCUT2D eigenvalue weighted by Crippen LogP contribution is -2.39. The molecular formula is C23H25FN4O3. The van der Waals surface area contributed by atoms with Gasteiger partial charge in [0, 0.05) is 31.9 Å². The minimum absolute atomic E-state index is 0.0352. The van der Waals surface area contributed by atoms with Crippen LogP contribution in [0.1, 0.15) is 12.0 Å². The Morgan fingerprint density at radius 2 is 2.06 bits per heavy atom. The summed E-state index contributed by atoms with van der Waals surface area (Å²) in [4.78, 5) is 18.8. The van der Waals surface area contributed by atoms with Gasteiger partial charge in [-0.15, -0.1) is 0 Å². The third kappa shape index (κ3) is 5.48. The first-order valence-electron chi connectivity index (χ1n) is 10.3. The summed E-state index contributed by atoms with van der Waals surface area (Å²) in [5.74, 6) is 0.0429. The van der Waals surface area contributed by atoms with Crippen LogP contribution in [0.2, 0.25) is 0 Å². The SMILES string of the molecule is O=C(Nc1cccnc1OCCO)N[C@@H]1CCN(Cc2ccc3cc(F)ccc3c2)C1. The minimum Gasteiger partial charge on any atom is -0.474 e. The molecule has 1 aromatic heterocycles. The number of aromatic nitrogens is 1. The normalized spacial score (nSPS) is 16.4. The second-order valence-electron chi connectivity index (χ2n) is 7.57. The van der Waals surface area contributed by atoms with Crippen LogP contribution in [0.3, 0.4) is 0 Å². The lowest BCUT2D eigenvalue weighted by molar-refractivity contribution is 0.197. The summed E-state index contributed by atoms with van der Waals surface area (Å²) in [6, 6.07) is 14.0. The summed E-state index contributed by atoms with van der Waals surface area (Å²) >= 11 is 0. The highest BCUT2D eigenvalue weighted by Crippen LogP contribution is 2.22. The number of aliphatic hydroxyl groups excluding tert-OH is 1. The van der Waals surface area contributed by atoms with Crippen molar-refractivity contribution in [2.45, 2.75) is 19.0 Å². The van der Waals surface area contributed by atoms with Crippen LogP contribution in [0, 0.1) is 5.82 Å². The predicted molar refractivity (Wildman–Crippen MR) is 117 cm³/mol. The third-order valence-corrected chi connectivity index (χ3v) is 5.23. The van der Waals surface area contributed by atoms with Crippen LogP contribution in [0.25, 0.3) is 10.8 Å². The summed E-state index contributed by atoms with van der Waals surface area (Å²) < 4.78 is 18.7. The fourth-order valence-electron chi connectivity index (χ4n) is 3.80. The standard InChI is InChI=1S/C23H25FN4O3/c24-19-6-5-17-12-16(3-4-18(17)13-19)14-28-9-7-20(15-28)26-23(30)27-21-2-1-8-25-22(21)31-11-10-29/h1-6,8,12-13,20,29H,7,9-11,14-15H2,(H2,26,27,30)/t20-/m1/s1. The topological polar surface area (TPSA) is 86.7 Å². The highest BCUT2D eigenvalue weighted by Gasteiger charge is 2.24. The first-order valence-corrected chi connectivity index (χ1v) is 10.3. The number of nitrogens with zero attached hydrogens (tertiary/aromatic N) is 2. The number of halogens is 1. The molecule has 2 heterocycles. The molecule has 0 spiro atoms. The van der Waals surface area contributed by atoms with Crippen molar-refractivity contribution < 1.29 is 19.0 Å². The second-order valence-corrected chi connectivity index (χ2v) is 7.57. The van der Waals surface area contributed by atoms with Gasteiger partial charge in [-0.05, 0) is 53.1 Å². The van der Waals surface area contributed by atoms with E-state index in [4.69, 9.17) is 9.84 Å². The maximum absolute atomic E-state index is 13.4. The first-order chi connectivity index (χ1) is 15.1. The molecule has 1 fully saturated rings. The molecule has 0 unspecified atom stereocenters. The molecule has 1 aliphatic heterocycles. The largest absolute Gasteiger partial charge is 0.474 e. The molecule has 8 heteroatoms. The van der Waals surface area contributed by atoms with E-state index in [9.17, 15) is 9.18 Å². The highest BCUT2D eigenvalue weighted by molar-refractivity contribution is 5.90. The number of pyridine rings is 1. The van der Waals surface area contributed by atoms with Gasteiger partial charge in [-0.1, -0.05) is 18.2 Å². The van der Waals surface area contributed by atoms with Crippen molar-refractivity contribution in [3.05, 3.63) is 66.1 Å². The Morgan fingerprint density at radius 1 is 1.23 bits per heavy atom. The fraction of sp³-hybridized carbons (Fsp3) is 0.304. The number of rotatable bonds is 7. The lowest BCUT2D eigenvalue weighted by Gasteiger charge is -2.18. The molecule has 3 N–H and O–H groups in total. The van der Waals surface area contributed by atoms with E-state index in [0.717, 1.165) is 42.4 Å². The monoisotopic (exact) mass is 424 g/mol. The van der Waals surface area contributed by atoms with Gasteiger partial charge in [-0.3, -0.25) is 4.90 Å². The van der Waals surface area contributed by atoms with Crippen LogP contribution < -0.4 is 15.4 Å². The first kappa shape index (κ1) is 21.0. The summed E-state index contributed by atoms with van der Waals surface area (Å²) in [5.41, 5.74) is 1.61. The van der Waals surface area contributed by atoms with Gasteiger partial charge in [-0.25, -0.2) is 14.2 Å². The lowest BCUT2D eigenvalue weighted by atomic mass is 10.1. The van der Waals surface area contributed by atoms with Gasteiger partial charge in [0.15, 0.2) is 0 Å². The number of fused-ring (bicyclic) bond motifs is 1. The second kappa shape index (κ2) is 9.72. The third-order valence-electron chi connectivity index (χ3n) is 5.23. The van der Waals surface area contributed by atoms with E-state index >= 15 is 0 Å². The van der Waals surface area contributed by atoms with Crippen LogP contribution >= 0.6 is 0 Å². The average Bonchev–Trinajstić information content (AvgIpc) is 3.19. The number of ether oxygens (including phenoxy) is 1. The quantitative estimate of drug-likeness (QED) is 0.543. The van der Waals surface area contributed by atoms with Crippen molar-refractivity contribution in [1.29, 1.82) is 0 Å². The molecule has 7 nitrogen and oxygen atoms in total. The molecule has 3 aromatic rings. The fourth-order valence-corrected chi connectivity index (χ4v) is 3.80. The van der Waals surface area contributed by atoms with Gasteiger partial charge in [0.05, 0.1) is 6.61 Å². The number of nitrogens with one attached hydrogen (secondary N) is 2. The zero-order valence-corrected chi connectivity index (χ0v) is 17.1. The van der Waals surface area contributed by atoms with Gasteiger partial charge < -0.3 is 20.5 Å². The highest BCUT2D eigenvalue weighted by atomic mass is 19.1. The molecule has 2 aromatic carbocycles. The van der Waals surface area contributed by atoms with Crippen LogP contribution in [0.4, 0.5) is 14.9 Å².